The van der Waals surface area contributed by atoms with Crippen molar-refractivity contribution in [2.75, 3.05) is 6.61 Å². The lowest BCUT2D eigenvalue weighted by Crippen LogP contribution is -2.14. The molecular weight excluding hydrogens is 382 g/mol. The molecule has 0 saturated carbocycles. The van der Waals surface area contributed by atoms with E-state index in [1.165, 1.54) is 6.07 Å². The molecule has 3 aromatic rings. The zero-order valence-corrected chi connectivity index (χ0v) is 15.3. The van der Waals surface area contributed by atoms with E-state index in [1.54, 1.807) is 12.1 Å². The van der Waals surface area contributed by atoms with Gasteiger partial charge in [0.15, 0.2) is 12.4 Å². The average Bonchev–Trinajstić information content (AvgIpc) is 2.72. The number of nitrogens with zero attached hydrogens (tertiary/aromatic N) is 1. The van der Waals surface area contributed by atoms with Gasteiger partial charge in [0, 0.05) is 17.7 Å². The first-order chi connectivity index (χ1) is 13.5. The first kappa shape index (κ1) is 19.3. The van der Waals surface area contributed by atoms with Crippen LogP contribution in [0.1, 0.15) is 20.7 Å². The van der Waals surface area contributed by atoms with Gasteiger partial charge in [0.1, 0.15) is 0 Å². The number of ketones is 1. The van der Waals surface area contributed by atoms with E-state index in [9.17, 15) is 19.7 Å². The van der Waals surface area contributed by atoms with E-state index in [0.717, 1.165) is 23.3 Å². The highest BCUT2D eigenvalue weighted by molar-refractivity contribution is 6.33. The van der Waals surface area contributed by atoms with Crippen molar-refractivity contribution in [1.82, 2.24) is 0 Å². The summed E-state index contributed by atoms with van der Waals surface area (Å²) in [6, 6.07) is 20.1. The van der Waals surface area contributed by atoms with Crippen LogP contribution in [0, 0.1) is 10.1 Å². The zero-order chi connectivity index (χ0) is 20.1. The number of ether oxygens (including phenoxy) is 1. The van der Waals surface area contributed by atoms with E-state index in [-0.39, 0.29) is 22.1 Å². The third-order valence-corrected chi connectivity index (χ3v) is 4.34. The second-order valence-electron chi connectivity index (χ2n) is 5.86. The monoisotopic (exact) mass is 395 g/mol. The van der Waals surface area contributed by atoms with E-state index in [1.807, 2.05) is 42.5 Å². The minimum Gasteiger partial charge on any atom is -0.454 e. The van der Waals surface area contributed by atoms with Crippen LogP contribution in [-0.4, -0.2) is 23.3 Å². The van der Waals surface area contributed by atoms with Crippen molar-refractivity contribution in [2.24, 2.45) is 0 Å². The predicted octanol–water partition coefficient (Wildman–Crippen LogP) is 4.95. The number of rotatable bonds is 6. The Morgan fingerprint density at radius 2 is 1.57 bits per heavy atom. The summed E-state index contributed by atoms with van der Waals surface area (Å²) < 4.78 is 5.00. The van der Waals surface area contributed by atoms with Crippen LogP contribution < -0.4 is 0 Å². The molecule has 3 aromatic carbocycles. The van der Waals surface area contributed by atoms with Gasteiger partial charge in [-0.1, -0.05) is 66.2 Å². The van der Waals surface area contributed by atoms with Gasteiger partial charge < -0.3 is 4.74 Å². The number of esters is 1. The molecule has 0 spiro atoms. The maximum atomic E-state index is 12.3. The lowest BCUT2D eigenvalue weighted by Gasteiger charge is -2.07. The van der Waals surface area contributed by atoms with Crippen LogP contribution in [0.2, 0.25) is 5.02 Å². The highest BCUT2D eigenvalue weighted by atomic mass is 35.5. The minimum atomic E-state index is -0.825. The molecule has 6 nitrogen and oxygen atoms in total. The Hall–Kier alpha value is -3.51. The molecule has 0 N–H and O–H groups in total. The van der Waals surface area contributed by atoms with Gasteiger partial charge in [0.2, 0.25) is 0 Å². The van der Waals surface area contributed by atoms with Crippen LogP contribution in [0.3, 0.4) is 0 Å². The molecular formula is C21H14ClNO5. The molecule has 0 amide bonds. The fourth-order valence-electron chi connectivity index (χ4n) is 2.55. The largest absolute Gasteiger partial charge is 0.454 e. The molecule has 28 heavy (non-hydrogen) atoms. The Morgan fingerprint density at radius 1 is 0.929 bits per heavy atom. The maximum Gasteiger partial charge on any atom is 0.340 e. The van der Waals surface area contributed by atoms with Crippen molar-refractivity contribution in [1.29, 1.82) is 0 Å². The number of benzene rings is 3. The molecule has 140 valence electrons. The summed E-state index contributed by atoms with van der Waals surface area (Å²) in [5, 5.41) is 10.6. The molecule has 0 aliphatic rings. The van der Waals surface area contributed by atoms with Gasteiger partial charge in [-0.25, -0.2) is 4.79 Å². The molecule has 0 fully saturated rings. The number of halogens is 1. The molecule has 0 radical (unpaired) electrons. The second kappa shape index (κ2) is 8.45. The number of carbonyl (C=O) groups excluding carboxylic acids is 2. The maximum absolute atomic E-state index is 12.3. The van der Waals surface area contributed by atoms with Crippen LogP contribution >= 0.6 is 11.6 Å². The van der Waals surface area contributed by atoms with Crippen molar-refractivity contribution < 1.29 is 19.2 Å². The lowest BCUT2D eigenvalue weighted by molar-refractivity contribution is -0.384. The third kappa shape index (κ3) is 4.42. The molecule has 0 saturated heterocycles. The topological polar surface area (TPSA) is 86.5 Å². The highest BCUT2D eigenvalue weighted by Crippen LogP contribution is 2.23. The molecule has 0 aromatic heterocycles. The van der Waals surface area contributed by atoms with Gasteiger partial charge in [-0.05, 0) is 17.2 Å². The number of carbonyl (C=O) groups is 2. The molecule has 0 bridgehead atoms. The van der Waals surface area contributed by atoms with E-state index in [2.05, 4.69) is 0 Å². The first-order valence-corrected chi connectivity index (χ1v) is 8.63. The van der Waals surface area contributed by atoms with Crippen molar-refractivity contribution in [2.45, 2.75) is 0 Å². The number of nitro groups is 1. The molecule has 0 heterocycles. The smallest absolute Gasteiger partial charge is 0.340 e. The fraction of sp³-hybridized carbons (Fsp3) is 0.0476. The molecule has 0 aliphatic heterocycles. The van der Waals surface area contributed by atoms with Crippen LogP contribution in [-0.2, 0) is 4.74 Å². The van der Waals surface area contributed by atoms with Gasteiger partial charge in [-0.15, -0.1) is 0 Å². The Kier molecular flexibility index (Phi) is 5.81. The molecule has 0 atom stereocenters. The minimum absolute atomic E-state index is 0.0421. The Bertz CT molecular complexity index is 1030. The van der Waals surface area contributed by atoms with Crippen LogP contribution in [0.15, 0.2) is 72.8 Å². The summed E-state index contributed by atoms with van der Waals surface area (Å²) in [7, 11) is 0. The Morgan fingerprint density at radius 3 is 2.18 bits per heavy atom. The number of nitro benzene ring substituents is 1. The third-order valence-electron chi connectivity index (χ3n) is 4.03. The van der Waals surface area contributed by atoms with Crippen molar-refractivity contribution in [3.05, 3.63) is 99.1 Å². The summed E-state index contributed by atoms with van der Waals surface area (Å²) in [5.74, 6) is -1.19. The molecule has 7 heteroatoms. The van der Waals surface area contributed by atoms with E-state index >= 15 is 0 Å². The average molecular weight is 396 g/mol. The second-order valence-corrected chi connectivity index (χ2v) is 6.27. The summed E-state index contributed by atoms with van der Waals surface area (Å²) in [5.41, 5.74) is 2.12. The summed E-state index contributed by atoms with van der Waals surface area (Å²) in [6.45, 7) is -0.461. The summed E-state index contributed by atoms with van der Waals surface area (Å²) in [6.07, 6.45) is 0. The van der Waals surface area contributed by atoms with Crippen LogP contribution in [0.4, 0.5) is 5.69 Å². The summed E-state index contributed by atoms with van der Waals surface area (Å²) in [4.78, 5) is 34.4. The van der Waals surface area contributed by atoms with Crippen molar-refractivity contribution in [3.63, 3.8) is 0 Å². The van der Waals surface area contributed by atoms with Crippen LogP contribution in [0.5, 0.6) is 0 Å². The highest BCUT2D eigenvalue weighted by Gasteiger charge is 2.17. The van der Waals surface area contributed by atoms with Crippen LogP contribution in [0.25, 0.3) is 11.1 Å². The summed E-state index contributed by atoms with van der Waals surface area (Å²) >= 11 is 5.89. The van der Waals surface area contributed by atoms with E-state index in [0.29, 0.717) is 5.56 Å². The van der Waals surface area contributed by atoms with Gasteiger partial charge in [0.05, 0.1) is 15.5 Å². The van der Waals surface area contributed by atoms with Gasteiger partial charge in [-0.2, -0.15) is 0 Å². The number of hydrogen-bond acceptors (Lipinski definition) is 5. The van der Waals surface area contributed by atoms with Gasteiger partial charge in [0.25, 0.3) is 5.69 Å². The van der Waals surface area contributed by atoms with Gasteiger partial charge in [-0.3, -0.25) is 14.9 Å². The zero-order valence-electron chi connectivity index (χ0n) is 14.5. The Labute approximate surface area is 165 Å². The molecule has 0 unspecified atom stereocenters. The quantitative estimate of drug-likeness (QED) is 0.255. The predicted molar refractivity (Wildman–Crippen MR) is 105 cm³/mol. The first-order valence-electron chi connectivity index (χ1n) is 8.25. The number of Topliss-reactive ketones (excluding diaryl/α,β-unsaturated/α-hetero) is 1. The normalized spacial score (nSPS) is 10.3. The SMILES string of the molecule is O=C(COC(=O)c1ccc([N+](=O)[O-])cc1Cl)c1ccc(-c2ccccc2)cc1. The molecule has 0 aliphatic carbocycles. The lowest BCUT2D eigenvalue weighted by atomic mass is 10.0. The van der Waals surface area contributed by atoms with Crippen molar-refractivity contribution in [3.8, 4) is 11.1 Å². The van der Waals surface area contributed by atoms with Crippen molar-refractivity contribution >= 4 is 29.0 Å². The number of non-ortho nitro benzene ring substituents is 1. The van der Waals surface area contributed by atoms with E-state index in [4.69, 9.17) is 16.3 Å². The Balaban J connectivity index is 1.64. The van der Waals surface area contributed by atoms with Gasteiger partial charge >= 0.3 is 5.97 Å². The van der Waals surface area contributed by atoms with E-state index < -0.39 is 17.5 Å². The standard InChI is InChI=1S/C21H14ClNO5/c22-19-12-17(23(26)27)10-11-18(19)21(25)28-13-20(24)16-8-6-15(7-9-16)14-4-2-1-3-5-14/h1-12H,13H2. The molecule has 3 rings (SSSR count). The fourth-order valence-corrected chi connectivity index (χ4v) is 2.81. The number of hydrogen-bond donors (Lipinski definition) is 0.